The van der Waals surface area contributed by atoms with Gasteiger partial charge in [0.1, 0.15) is 6.61 Å². The van der Waals surface area contributed by atoms with Crippen molar-refractivity contribution in [1.82, 2.24) is 0 Å². The first-order valence-electron chi connectivity index (χ1n) is 16.5. The van der Waals surface area contributed by atoms with Gasteiger partial charge in [0.2, 0.25) is 0 Å². The molecule has 244 valence electrons. The number of carbonyl (C=O) groups is 2. The molecule has 2 atom stereocenters. The molecule has 0 aliphatic heterocycles. The molecule has 10 heteroatoms. The summed E-state index contributed by atoms with van der Waals surface area (Å²) in [6, 6.07) is 0. The van der Waals surface area contributed by atoms with Crippen molar-refractivity contribution in [3.8, 4) is 0 Å². The van der Waals surface area contributed by atoms with Crippen LogP contribution >= 0.6 is 7.82 Å². The van der Waals surface area contributed by atoms with Crippen LogP contribution in [0.2, 0.25) is 0 Å². The molecule has 0 spiro atoms. The number of hydrogen-bond donors (Lipinski definition) is 2. The molecule has 9 nitrogen and oxygen atoms in total. The third-order valence-electron chi connectivity index (χ3n) is 6.99. The van der Waals surface area contributed by atoms with Crippen LogP contribution in [0.25, 0.3) is 0 Å². The van der Waals surface area contributed by atoms with Gasteiger partial charge >= 0.3 is 19.8 Å². The van der Waals surface area contributed by atoms with E-state index in [4.69, 9.17) is 24.3 Å². The van der Waals surface area contributed by atoms with Crippen LogP contribution in [0.15, 0.2) is 0 Å². The highest BCUT2D eigenvalue weighted by molar-refractivity contribution is 7.47. The van der Waals surface area contributed by atoms with E-state index in [-0.39, 0.29) is 38.6 Å². The number of phosphoric acid groups is 1. The summed E-state index contributed by atoms with van der Waals surface area (Å²) in [6.45, 7) is 3.68. The quantitative estimate of drug-likeness (QED) is 0.0454. The van der Waals surface area contributed by atoms with E-state index in [1.54, 1.807) is 0 Å². The first-order valence-corrected chi connectivity index (χ1v) is 18.0. The fraction of sp³-hybridized carbons (Fsp3) is 0.935. The van der Waals surface area contributed by atoms with Crippen molar-refractivity contribution >= 4 is 19.8 Å². The fourth-order valence-corrected chi connectivity index (χ4v) is 5.28. The molecule has 0 heterocycles. The highest BCUT2D eigenvalue weighted by Crippen LogP contribution is 2.43. The van der Waals surface area contributed by atoms with Crippen molar-refractivity contribution in [2.75, 3.05) is 26.4 Å². The van der Waals surface area contributed by atoms with Crippen LogP contribution in [-0.2, 0) is 32.7 Å². The molecule has 0 aromatic carbocycles. The lowest BCUT2D eigenvalue weighted by atomic mass is 10.1. The Bertz CT molecular complexity index is 664. The maximum atomic E-state index is 12.4. The SMILES string of the molecule is CCCCCCCCCCCCCC(=O)OCC(COP(=O)(O)OCCN)OC(=O)CCCCCCCCCCC. The van der Waals surface area contributed by atoms with Gasteiger partial charge in [-0.05, 0) is 12.8 Å². The molecule has 0 saturated heterocycles. The zero-order valence-electron chi connectivity index (χ0n) is 26.3. The Morgan fingerprint density at radius 1 is 0.634 bits per heavy atom. The predicted molar refractivity (Wildman–Crippen MR) is 165 cm³/mol. The Labute approximate surface area is 250 Å². The van der Waals surface area contributed by atoms with Gasteiger partial charge in [-0.15, -0.1) is 0 Å². The van der Waals surface area contributed by atoms with Crippen LogP contribution < -0.4 is 5.73 Å². The van der Waals surface area contributed by atoms with Crippen molar-refractivity contribution in [3.63, 3.8) is 0 Å². The summed E-state index contributed by atoms with van der Waals surface area (Å²) >= 11 is 0. The molecule has 0 radical (unpaired) electrons. The van der Waals surface area contributed by atoms with Crippen molar-refractivity contribution < 1.29 is 37.6 Å². The molecule has 0 rings (SSSR count). The molecule has 0 fully saturated rings. The Morgan fingerprint density at radius 2 is 1.05 bits per heavy atom. The number of hydrogen-bond acceptors (Lipinski definition) is 8. The lowest BCUT2D eigenvalue weighted by Gasteiger charge is -2.19. The minimum atomic E-state index is -4.35. The van der Waals surface area contributed by atoms with Gasteiger partial charge in [-0.3, -0.25) is 18.6 Å². The third kappa shape index (κ3) is 28.9. The summed E-state index contributed by atoms with van der Waals surface area (Å²) < 4.78 is 32.4. The maximum Gasteiger partial charge on any atom is 0.472 e. The number of unbranched alkanes of at least 4 members (excludes halogenated alkanes) is 18. The van der Waals surface area contributed by atoms with Crippen molar-refractivity contribution in [1.29, 1.82) is 0 Å². The van der Waals surface area contributed by atoms with E-state index in [9.17, 15) is 19.0 Å². The standard InChI is InChI=1S/C31H62NO8P/c1-3-5-7-9-11-13-14-16-17-19-21-23-30(33)37-27-29(28-39-41(35,36)38-26-25-32)40-31(34)24-22-20-18-15-12-10-8-6-4-2/h29H,3-28,32H2,1-2H3,(H,35,36). The molecular formula is C31H62NO8P. The summed E-state index contributed by atoms with van der Waals surface area (Å²) in [6.07, 6.45) is 22.8. The van der Waals surface area contributed by atoms with Crippen LogP contribution in [0, 0.1) is 0 Å². The van der Waals surface area contributed by atoms with Crippen LogP contribution in [-0.4, -0.2) is 49.3 Å². The first-order chi connectivity index (χ1) is 19.8. The minimum absolute atomic E-state index is 0.0573. The number of esters is 2. The number of phosphoric ester groups is 1. The van der Waals surface area contributed by atoms with Gasteiger partial charge < -0.3 is 20.1 Å². The predicted octanol–water partition coefficient (Wildman–Crippen LogP) is 8.16. The van der Waals surface area contributed by atoms with Crippen molar-refractivity contribution in [2.45, 2.75) is 161 Å². The van der Waals surface area contributed by atoms with Crippen LogP contribution in [0.4, 0.5) is 0 Å². The summed E-state index contributed by atoms with van der Waals surface area (Å²) in [5, 5.41) is 0. The largest absolute Gasteiger partial charge is 0.472 e. The summed E-state index contributed by atoms with van der Waals surface area (Å²) in [5.74, 6) is -0.828. The summed E-state index contributed by atoms with van der Waals surface area (Å²) in [5.41, 5.74) is 5.30. The molecule has 0 bridgehead atoms. The lowest BCUT2D eigenvalue weighted by Crippen LogP contribution is -2.29. The van der Waals surface area contributed by atoms with Crippen molar-refractivity contribution in [3.05, 3.63) is 0 Å². The van der Waals surface area contributed by atoms with E-state index in [1.807, 2.05) is 0 Å². The average molecular weight is 608 g/mol. The van der Waals surface area contributed by atoms with Gasteiger partial charge in [-0.2, -0.15) is 0 Å². The number of ether oxygens (including phenoxy) is 2. The Morgan fingerprint density at radius 3 is 1.49 bits per heavy atom. The van der Waals surface area contributed by atoms with E-state index in [2.05, 4.69) is 13.8 Å². The van der Waals surface area contributed by atoms with Gasteiger partial charge in [0.25, 0.3) is 0 Å². The molecule has 3 N–H and O–H groups in total. The molecule has 0 aromatic rings. The number of rotatable bonds is 31. The van der Waals surface area contributed by atoms with E-state index in [0.29, 0.717) is 6.42 Å². The zero-order valence-corrected chi connectivity index (χ0v) is 27.2. The third-order valence-corrected chi connectivity index (χ3v) is 7.98. The molecule has 2 unspecified atom stereocenters. The highest BCUT2D eigenvalue weighted by Gasteiger charge is 2.25. The summed E-state index contributed by atoms with van der Waals surface area (Å²) in [7, 11) is -4.35. The lowest BCUT2D eigenvalue weighted by molar-refractivity contribution is -0.161. The molecule has 0 aliphatic rings. The van der Waals surface area contributed by atoms with Crippen molar-refractivity contribution in [2.24, 2.45) is 5.73 Å². The van der Waals surface area contributed by atoms with Crippen LogP contribution in [0.1, 0.15) is 155 Å². The monoisotopic (exact) mass is 607 g/mol. The second-order valence-corrected chi connectivity index (χ2v) is 12.5. The second-order valence-electron chi connectivity index (χ2n) is 11.0. The maximum absolute atomic E-state index is 12.4. The Balaban J connectivity index is 4.28. The Kier molecular flexibility index (Phi) is 28.4. The normalized spacial score (nSPS) is 13.6. The van der Waals surface area contributed by atoms with Gasteiger partial charge in [0, 0.05) is 19.4 Å². The minimum Gasteiger partial charge on any atom is -0.462 e. The van der Waals surface area contributed by atoms with E-state index in [1.165, 1.54) is 89.9 Å². The smallest absolute Gasteiger partial charge is 0.462 e. The van der Waals surface area contributed by atoms with E-state index < -0.39 is 26.5 Å². The van der Waals surface area contributed by atoms with Crippen LogP contribution in [0.3, 0.4) is 0 Å². The van der Waals surface area contributed by atoms with Gasteiger partial charge in [0.15, 0.2) is 6.10 Å². The highest BCUT2D eigenvalue weighted by atomic mass is 31.2. The first kappa shape index (κ1) is 40.0. The number of nitrogens with two attached hydrogens (primary N) is 1. The topological polar surface area (TPSA) is 134 Å². The molecule has 0 aliphatic carbocycles. The number of carbonyl (C=O) groups excluding carboxylic acids is 2. The average Bonchev–Trinajstić information content (AvgIpc) is 2.95. The Hall–Kier alpha value is -0.990. The second kappa shape index (κ2) is 29.1. The molecular weight excluding hydrogens is 545 g/mol. The molecule has 0 amide bonds. The van der Waals surface area contributed by atoms with Gasteiger partial charge in [-0.1, -0.05) is 129 Å². The molecule has 0 aromatic heterocycles. The van der Waals surface area contributed by atoms with Crippen LogP contribution in [0.5, 0.6) is 0 Å². The van der Waals surface area contributed by atoms with Gasteiger partial charge in [-0.25, -0.2) is 4.57 Å². The van der Waals surface area contributed by atoms with E-state index in [0.717, 1.165) is 32.1 Å². The fourth-order valence-electron chi connectivity index (χ4n) is 4.52. The molecule has 41 heavy (non-hydrogen) atoms. The summed E-state index contributed by atoms with van der Waals surface area (Å²) in [4.78, 5) is 34.4. The zero-order chi connectivity index (χ0) is 30.4. The van der Waals surface area contributed by atoms with Gasteiger partial charge in [0.05, 0.1) is 13.2 Å². The van der Waals surface area contributed by atoms with E-state index >= 15 is 0 Å². The molecule has 0 saturated carbocycles.